The predicted octanol–water partition coefficient (Wildman–Crippen LogP) is 4.29. The zero-order valence-corrected chi connectivity index (χ0v) is 12.3. The summed E-state index contributed by atoms with van der Waals surface area (Å²) in [7, 11) is 0. The van der Waals surface area contributed by atoms with Gasteiger partial charge in [-0.25, -0.2) is 0 Å². The van der Waals surface area contributed by atoms with Gasteiger partial charge >= 0.3 is 0 Å². The molecule has 104 valence electrons. The van der Waals surface area contributed by atoms with Crippen LogP contribution in [0.15, 0.2) is 72.8 Å². The molecule has 0 unspecified atom stereocenters. The monoisotopic (exact) mass is 293 g/mol. The van der Waals surface area contributed by atoms with E-state index in [1.807, 2.05) is 60.7 Å². The van der Waals surface area contributed by atoms with E-state index in [1.165, 1.54) is 10.9 Å². The number of rotatable bonds is 3. The fourth-order valence-corrected chi connectivity index (χ4v) is 2.31. The molecule has 0 atom stereocenters. The molecular formula is C18H15NOS. The highest BCUT2D eigenvalue weighted by molar-refractivity contribution is 7.80. The van der Waals surface area contributed by atoms with Crippen LogP contribution in [0.5, 0.6) is 5.75 Å². The zero-order chi connectivity index (χ0) is 14.5. The van der Waals surface area contributed by atoms with Crippen molar-refractivity contribution in [2.75, 3.05) is 0 Å². The normalized spacial score (nSPS) is 10.3. The first-order valence-corrected chi connectivity index (χ1v) is 7.20. The number of benzene rings is 3. The van der Waals surface area contributed by atoms with Crippen LogP contribution in [0.25, 0.3) is 10.8 Å². The van der Waals surface area contributed by atoms with Gasteiger partial charge in [0.15, 0.2) is 0 Å². The van der Waals surface area contributed by atoms with E-state index in [1.54, 1.807) is 0 Å². The molecule has 0 aromatic heterocycles. The van der Waals surface area contributed by atoms with Gasteiger partial charge in [-0.3, -0.25) is 0 Å². The summed E-state index contributed by atoms with van der Waals surface area (Å²) in [6, 6.07) is 24.2. The first-order chi connectivity index (χ1) is 10.3. The average Bonchev–Trinajstić information content (AvgIpc) is 2.54. The summed E-state index contributed by atoms with van der Waals surface area (Å²) in [5, 5.41) is 5.82. The van der Waals surface area contributed by atoms with Crippen molar-refractivity contribution >= 4 is 28.2 Å². The quantitative estimate of drug-likeness (QED) is 0.728. The Morgan fingerprint density at radius 1 is 0.857 bits per heavy atom. The molecule has 21 heavy (non-hydrogen) atoms. The maximum atomic E-state index is 5.66. The molecule has 2 nitrogen and oxygen atoms in total. The van der Waals surface area contributed by atoms with Gasteiger partial charge in [0.2, 0.25) is 0 Å². The van der Waals surface area contributed by atoms with Crippen LogP contribution in [0.3, 0.4) is 0 Å². The summed E-state index contributed by atoms with van der Waals surface area (Å²) < 4.78 is 5.66. The van der Waals surface area contributed by atoms with Gasteiger partial charge in [-0.1, -0.05) is 60.7 Å². The van der Waals surface area contributed by atoms with Crippen molar-refractivity contribution in [2.24, 2.45) is 0 Å². The minimum Gasteiger partial charge on any atom is -0.432 e. The molecule has 0 aliphatic heterocycles. The Hall–Kier alpha value is -2.39. The summed E-state index contributed by atoms with van der Waals surface area (Å²) in [6.07, 6.45) is 0. The molecule has 0 aliphatic rings. The highest BCUT2D eigenvalue weighted by atomic mass is 32.1. The number of nitrogens with one attached hydrogen (secondary N) is 1. The standard InChI is InChI=1S/C18H15NOS/c21-18(19-13-14-6-2-1-3-7-14)20-17-11-10-15-8-4-5-9-16(15)12-17/h1-12H,13H2,(H,19,21). The van der Waals surface area contributed by atoms with Gasteiger partial charge in [0, 0.05) is 6.54 Å². The lowest BCUT2D eigenvalue weighted by molar-refractivity contribution is 0.532. The van der Waals surface area contributed by atoms with Crippen LogP contribution in [-0.4, -0.2) is 5.17 Å². The van der Waals surface area contributed by atoms with Crippen molar-refractivity contribution in [2.45, 2.75) is 6.54 Å². The second-order valence-electron chi connectivity index (χ2n) is 4.74. The lowest BCUT2D eigenvalue weighted by Crippen LogP contribution is -2.25. The Bertz CT molecular complexity index is 755. The van der Waals surface area contributed by atoms with Crippen LogP contribution in [0.2, 0.25) is 0 Å². The lowest BCUT2D eigenvalue weighted by Gasteiger charge is -2.10. The molecule has 0 aliphatic carbocycles. The highest BCUT2D eigenvalue weighted by Gasteiger charge is 2.01. The fraction of sp³-hybridized carbons (Fsp3) is 0.0556. The molecule has 3 rings (SSSR count). The number of hydrogen-bond acceptors (Lipinski definition) is 2. The lowest BCUT2D eigenvalue weighted by atomic mass is 10.1. The maximum absolute atomic E-state index is 5.66. The van der Waals surface area contributed by atoms with Gasteiger partial charge in [-0.15, -0.1) is 0 Å². The molecular weight excluding hydrogens is 278 g/mol. The number of ether oxygens (including phenoxy) is 1. The third kappa shape index (κ3) is 3.58. The van der Waals surface area contributed by atoms with E-state index in [9.17, 15) is 0 Å². The summed E-state index contributed by atoms with van der Waals surface area (Å²) >= 11 is 5.22. The molecule has 0 radical (unpaired) electrons. The number of hydrogen-bond donors (Lipinski definition) is 1. The summed E-state index contributed by atoms with van der Waals surface area (Å²) in [5.74, 6) is 0.749. The van der Waals surface area contributed by atoms with Crippen molar-refractivity contribution in [1.82, 2.24) is 5.32 Å². The number of thiocarbonyl (C=S) groups is 1. The summed E-state index contributed by atoms with van der Waals surface area (Å²) in [4.78, 5) is 0. The summed E-state index contributed by atoms with van der Waals surface area (Å²) in [5.41, 5.74) is 1.17. The van der Waals surface area contributed by atoms with Crippen molar-refractivity contribution in [3.05, 3.63) is 78.4 Å². The summed E-state index contributed by atoms with van der Waals surface area (Å²) in [6.45, 7) is 0.660. The Kier molecular flexibility index (Phi) is 4.12. The molecule has 3 aromatic rings. The van der Waals surface area contributed by atoms with Crippen LogP contribution < -0.4 is 10.1 Å². The Balaban J connectivity index is 1.63. The van der Waals surface area contributed by atoms with E-state index < -0.39 is 0 Å². The van der Waals surface area contributed by atoms with E-state index >= 15 is 0 Å². The third-order valence-corrected chi connectivity index (χ3v) is 3.44. The highest BCUT2D eigenvalue weighted by Crippen LogP contribution is 2.20. The van der Waals surface area contributed by atoms with Gasteiger partial charge in [-0.2, -0.15) is 0 Å². The van der Waals surface area contributed by atoms with Crippen molar-refractivity contribution in [3.63, 3.8) is 0 Å². The molecule has 0 amide bonds. The number of fused-ring (bicyclic) bond motifs is 1. The van der Waals surface area contributed by atoms with Gasteiger partial charge in [0.25, 0.3) is 5.17 Å². The molecule has 0 heterocycles. The minimum absolute atomic E-state index is 0.383. The topological polar surface area (TPSA) is 21.3 Å². The largest absolute Gasteiger partial charge is 0.432 e. The third-order valence-electron chi connectivity index (χ3n) is 3.21. The van der Waals surface area contributed by atoms with Gasteiger partial charge in [0.1, 0.15) is 5.75 Å². The Morgan fingerprint density at radius 3 is 2.38 bits per heavy atom. The molecule has 1 N–H and O–H groups in total. The zero-order valence-electron chi connectivity index (χ0n) is 11.5. The second-order valence-corrected chi connectivity index (χ2v) is 5.11. The Morgan fingerprint density at radius 2 is 1.57 bits per heavy atom. The average molecular weight is 293 g/mol. The van der Waals surface area contributed by atoms with Crippen molar-refractivity contribution in [3.8, 4) is 5.75 Å². The van der Waals surface area contributed by atoms with Crippen LogP contribution >= 0.6 is 12.2 Å². The SMILES string of the molecule is S=C(NCc1ccccc1)Oc1ccc2ccccc2c1. The minimum atomic E-state index is 0.383. The van der Waals surface area contributed by atoms with Crippen molar-refractivity contribution in [1.29, 1.82) is 0 Å². The fourth-order valence-electron chi connectivity index (χ4n) is 2.14. The maximum Gasteiger partial charge on any atom is 0.262 e. The first kappa shape index (κ1) is 13.6. The van der Waals surface area contributed by atoms with Gasteiger partial charge < -0.3 is 10.1 Å². The van der Waals surface area contributed by atoms with E-state index in [-0.39, 0.29) is 0 Å². The smallest absolute Gasteiger partial charge is 0.262 e. The molecule has 3 heteroatoms. The van der Waals surface area contributed by atoms with Crippen LogP contribution in [0.1, 0.15) is 5.56 Å². The Labute approximate surface area is 129 Å². The van der Waals surface area contributed by atoms with Gasteiger partial charge in [0.05, 0.1) is 0 Å². The second kappa shape index (κ2) is 6.37. The van der Waals surface area contributed by atoms with E-state index in [4.69, 9.17) is 17.0 Å². The van der Waals surface area contributed by atoms with Crippen LogP contribution in [-0.2, 0) is 6.54 Å². The molecule has 0 fully saturated rings. The van der Waals surface area contributed by atoms with E-state index in [2.05, 4.69) is 17.4 Å². The van der Waals surface area contributed by atoms with Gasteiger partial charge in [-0.05, 0) is 40.7 Å². The van der Waals surface area contributed by atoms with E-state index in [0.29, 0.717) is 11.7 Å². The van der Waals surface area contributed by atoms with Crippen LogP contribution in [0, 0.1) is 0 Å². The van der Waals surface area contributed by atoms with E-state index in [0.717, 1.165) is 11.1 Å². The van der Waals surface area contributed by atoms with Crippen LogP contribution in [0.4, 0.5) is 0 Å². The molecule has 0 saturated carbocycles. The molecule has 0 bridgehead atoms. The molecule has 0 spiro atoms. The predicted molar refractivity (Wildman–Crippen MR) is 90.5 cm³/mol. The molecule has 3 aromatic carbocycles. The molecule has 0 saturated heterocycles. The van der Waals surface area contributed by atoms with Crippen molar-refractivity contribution < 1.29 is 4.74 Å². The first-order valence-electron chi connectivity index (χ1n) is 6.80.